The second-order valence-corrected chi connectivity index (χ2v) is 12.3. The van der Waals surface area contributed by atoms with Gasteiger partial charge in [-0.1, -0.05) is 112 Å². The Hall–Kier alpha value is -1.86. The summed E-state index contributed by atoms with van der Waals surface area (Å²) in [5.74, 6) is 0. The van der Waals surface area contributed by atoms with E-state index >= 15 is 0 Å². The Morgan fingerprint density at radius 1 is 0.625 bits per heavy atom. The Morgan fingerprint density at radius 2 is 1.21 bits per heavy atom. The van der Waals surface area contributed by atoms with Crippen LogP contribution in [0.4, 0.5) is 0 Å². The van der Waals surface area contributed by atoms with Gasteiger partial charge in [-0.3, -0.25) is 0 Å². The van der Waals surface area contributed by atoms with Crippen molar-refractivity contribution in [3.63, 3.8) is 0 Å². The monoisotopic (exact) mass is 332 g/mol. The van der Waals surface area contributed by atoms with E-state index in [1.807, 2.05) is 0 Å². The van der Waals surface area contributed by atoms with Crippen molar-refractivity contribution < 1.29 is 0 Å². The van der Waals surface area contributed by atoms with Crippen molar-refractivity contribution >= 4 is 18.8 Å². The normalized spacial score (nSPS) is 13.1. The number of hydrogen-bond acceptors (Lipinski definition) is 0. The minimum Gasteiger partial charge on any atom is -0.0677 e. The van der Waals surface area contributed by atoms with Crippen molar-refractivity contribution in [2.45, 2.75) is 44.4 Å². The summed E-state index contributed by atoms with van der Waals surface area (Å²) in [5, 5.41) is 2.70. The summed E-state index contributed by atoms with van der Waals surface area (Å²) < 4.78 is 0. The Kier molecular flexibility index (Phi) is 5.20. The lowest BCUT2D eigenvalue weighted by Gasteiger charge is -2.38. The van der Waals surface area contributed by atoms with Crippen molar-refractivity contribution in [1.29, 1.82) is 0 Å². The molecule has 24 heavy (non-hydrogen) atoms. The first-order valence-corrected chi connectivity index (χ1v) is 12.0. The fourth-order valence-electron chi connectivity index (χ4n) is 4.29. The van der Waals surface area contributed by atoms with Crippen LogP contribution in [0.25, 0.3) is 10.8 Å². The van der Waals surface area contributed by atoms with Crippen LogP contribution >= 0.6 is 0 Å². The summed E-state index contributed by atoms with van der Waals surface area (Å²) in [6.45, 7) is 7.24. The highest BCUT2D eigenvalue weighted by atomic mass is 28.3. The Labute approximate surface area is 147 Å². The van der Waals surface area contributed by atoms with E-state index in [-0.39, 0.29) is 0 Å². The van der Waals surface area contributed by atoms with E-state index in [2.05, 4.69) is 93.6 Å². The van der Waals surface area contributed by atoms with Gasteiger partial charge in [0.15, 0.2) is 0 Å². The predicted octanol–water partition coefficient (Wildman–Crippen LogP) is 7.02. The highest BCUT2D eigenvalue weighted by molar-refractivity contribution is 6.81. The zero-order valence-corrected chi connectivity index (χ0v) is 16.1. The average molecular weight is 333 g/mol. The van der Waals surface area contributed by atoms with Crippen LogP contribution in [0, 0.1) is 0 Å². The first-order chi connectivity index (χ1) is 11.7. The summed E-state index contributed by atoms with van der Waals surface area (Å²) in [6.07, 6.45) is 0. The molecule has 124 valence electrons. The topological polar surface area (TPSA) is 0 Å². The molecule has 0 aliphatic rings. The average Bonchev–Trinajstić information content (AvgIpc) is 2.66. The van der Waals surface area contributed by atoms with E-state index in [1.54, 1.807) is 0 Å². The van der Waals surface area contributed by atoms with Crippen LogP contribution in [0.3, 0.4) is 0 Å². The second-order valence-electron chi connectivity index (χ2n) is 6.87. The lowest BCUT2D eigenvalue weighted by molar-refractivity contribution is 0.987. The van der Waals surface area contributed by atoms with Crippen LogP contribution in [-0.2, 0) is 0 Å². The zero-order chi connectivity index (χ0) is 17.0. The van der Waals surface area contributed by atoms with Gasteiger partial charge in [0.2, 0.25) is 0 Å². The molecule has 0 nitrogen and oxygen atoms in total. The molecule has 1 heteroatoms. The van der Waals surface area contributed by atoms with Crippen LogP contribution in [0.1, 0.15) is 37.4 Å². The quantitative estimate of drug-likeness (QED) is 0.425. The van der Waals surface area contributed by atoms with Gasteiger partial charge in [-0.2, -0.15) is 0 Å². The Bertz CT molecular complexity index is 779. The van der Waals surface area contributed by atoms with Gasteiger partial charge in [0.05, 0.1) is 8.07 Å². The minimum atomic E-state index is -1.42. The van der Waals surface area contributed by atoms with E-state index in [4.69, 9.17) is 0 Å². The number of hydrogen-bond donors (Lipinski definition) is 0. The molecule has 0 heterocycles. The van der Waals surface area contributed by atoms with Crippen LogP contribution in [-0.4, -0.2) is 8.07 Å². The SMILES string of the molecule is CC[Si](CC)(CC)C(c1ccccc1)c1ccc2ccccc2c1. The molecular weight excluding hydrogens is 304 g/mol. The van der Waals surface area contributed by atoms with Crippen LogP contribution in [0.5, 0.6) is 0 Å². The molecule has 3 aromatic carbocycles. The highest BCUT2D eigenvalue weighted by Crippen LogP contribution is 2.41. The largest absolute Gasteiger partial charge is 0.0677 e. The Balaban J connectivity index is 2.19. The highest BCUT2D eigenvalue weighted by Gasteiger charge is 2.38. The molecule has 0 fully saturated rings. The molecule has 0 spiro atoms. The molecule has 0 amide bonds. The zero-order valence-electron chi connectivity index (χ0n) is 15.1. The third-order valence-corrected chi connectivity index (χ3v) is 12.1. The first-order valence-electron chi connectivity index (χ1n) is 9.27. The molecular formula is C23H28Si. The molecule has 0 radical (unpaired) electrons. The van der Waals surface area contributed by atoms with E-state index in [0.717, 1.165) is 0 Å². The molecule has 0 aromatic heterocycles. The van der Waals surface area contributed by atoms with Gasteiger partial charge in [-0.05, 0) is 21.9 Å². The van der Waals surface area contributed by atoms with E-state index in [0.29, 0.717) is 5.54 Å². The molecule has 0 bridgehead atoms. The van der Waals surface area contributed by atoms with Gasteiger partial charge < -0.3 is 0 Å². The van der Waals surface area contributed by atoms with Crippen molar-refractivity contribution in [1.82, 2.24) is 0 Å². The van der Waals surface area contributed by atoms with Crippen molar-refractivity contribution in [2.75, 3.05) is 0 Å². The molecule has 0 N–H and O–H groups in total. The third kappa shape index (κ3) is 3.05. The molecule has 3 aromatic rings. The van der Waals surface area contributed by atoms with Gasteiger partial charge >= 0.3 is 0 Å². The molecule has 3 rings (SSSR count). The van der Waals surface area contributed by atoms with Crippen LogP contribution in [0.15, 0.2) is 72.8 Å². The van der Waals surface area contributed by atoms with Gasteiger partial charge in [0.25, 0.3) is 0 Å². The summed E-state index contributed by atoms with van der Waals surface area (Å²) in [5.41, 5.74) is 3.60. The van der Waals surface area contributed by atoms with Gasteiger partial charge in [0.1, 0.15) is 0 Å². The van der Waals surface area contributed by atoms with Gasteiger partial charge in [-0.15, -0.1) is 0 Å². The molecule has 0 aliphatic carbocycles. The number of rotatable bonds is 6. The summed E-state index contributed by atoms with van der Waals surface area (Å²) in [6, 6.07) is 31.1. The molecule has 1 unspecified atom stereocenters. The van der Waals surface area contributed by atoms with Gasteiger partial charge in [0, 0.05) is 5.54 Å². The fourth-order valence-corrected chi connectivity index (χ4v) is 8.81. The number of fused-ring (bicyclic) bond motifs is 1. The van der Waals surface area contributed by atoms with Crippen molar-refractivity contribution in [3.8, 4) is 0 Å². The first kappa shape index (κ1) is 17.0. The summed E-state index contributed by atoms with van der Waals surface area (Å²) >= 11 is 0. The van der Waals surface area contributed by atoms with E-state index < -0.39 is 8.07 Å². The molecule has 0 saturated carbocycles. The molecule has 0 saturated heterocycles. The van der Waals surface area contributed by atoms with Crippen molar-refractivity contribution in [3.05, 3.63) is 83.9 Å². The molecule has 1 atom stereocenters. The standard InChI is InChI=1S/C23H28Si/c1-4-24(5-2,6-3)23(20-13-8-7-9-14-20)22-17-16-19-12-10-11-15-21(19)18-22/h7-18,23H,4-6H2,1-3H3. The maximum Gasteiger partial charge on any atom is 0.0656 e. The van der Waals surface area contributed by atoms with Gasteiger partial charge in [-0.25, -0.2) is 0 Å². The van der Waals surface area contributed by atoms with Crippen LogP contribution in [0.2, 0.25) is 18.1 Å². The summed E-state index contributed by atoms with van der Waals surface area (Å²) in [4.78, 5) is 0. The maximum atomic E-state index is 2.44. The van der Waals surface area contributed by atoms with Crippen LogP contribution < -0.4 is 0 Å². The van der Waals surface area contributed by atoms with E-state index in [1.165, 1.54) is 40.0 Å². The fraction of sp³-hybridized carbons (Fsp3) is 0.304. The summed E-state index contributed by atoms with van der Waals surface area (Å²) in [7, 11) is -1.42. The smallest absolute Gasteiger partial charge is 0.0656 e. The molecule has 0 aliphatic heterocycles. The number of benzene rings is 3. The predicted molar refractivity (Wildman–Crippen MR) is 109 cm³/mol. The third-order valence-electron chi connectivity index (χ3n) is 5.96. The lowest BCUT2D eigenvalue weighted by atomic mass is 10.0. The maximum absolute atomic E-state index is 2.44. The van der Waals surface area contributed by atoms with E-state index in [9.17, 15) is 0 Å². The Morgan fingerprint density at radius 3 is 1.83 bits per heavy atom. The second kappa shape index (κ2) is 7.35. The lowest BCUT2D eigenvalue weighted by Crippen LogP contribution is -2.40. The minimum absolute atomic E-state index is 0.586. The van der Waals surface area contributed by atoms with Crippen molar-refractivity contribution in [2.24, 2.45) is 0 Å².